The second-order valence-electron chi connectivity index (χ2n) is 9.46. The van der Waals surface area contributed by atoms with E-state index >= 15 is 0 Å². The van der Waals surface area contributed by atoms with Crippen molar-refractivity contribution >= 4 is 11.9 Å². The summed E-state index contributed by atoms with van der Waals surface area (Å²) in [5.74, 6) is -2.27. The van der Waals surface area contributed by atoms with Gasteiger partial charge in [0.2, 0.25) is 6.29 Å². The summed E-state index contributed by atoms with van der Waals surface area (Å²) < 4.78 is 10.9. The van der Waals surface area contributed by atoms with Gasteiger partial charge in [0.25, 0.3) is 0 Å². The van der Waals surface area contributed by atoms with Crippen molar-refractivity contribution in [1.29, 1.82) is 0 Å². The summed E-state index contributed by atoms with van der Waals surface area (Å²) in [6, 6.07) is 0. The van der Waals surface area contributed by atoms with Crippen molar-refractivity contribution in [2.75, 3.05) is 7.11 Å². The van der Waals surface area contributed by atoms with Gasteiger partial charge in [-0.2, -0.15) is 0 Å². The number of esters is 1. The smallest absolute Gasteiger partial charge is 0.312 e. The molecule has 0 bridgehead atoms. The highest BCUT2D eigenvalue weighted by Crippen LogP contribution is 2.57. The first-order valence-corrected chi connectivity index (χ1v) is 9.79. The SMILES string of the molecule is COC1OC(=O)C2CCC(C3(C)CCCC(C)(C)C3)=C(C(C)C(=O)O)C12. The highest BCUT2D eigenvalue weighted by molar-refractivity contribution is 5.79. The van der Waals surface area contributed by atoms with Crippen LogP contribution in [0.25, 0.3) is 0 Å². The molecule has 5 unspecified atom stereocenters. The highest BCUT2D eigenvalue weighted by atomic mass is 16.7. The van der Waals surface area contributed by atoms with E-state index in [1.54, 1.807) is 6.92 Å². The van der Waals surface area contributed by atoms with Crippen LogP contribution in [-0.4, -0.2) is 30.4 Å². The molecular formula is C21H32O5. The molecule has 0 radical (unpaired) electrons. The molecule has 3 aliphatic rings. The Morgan fingerprint density at radius 1 is 1.31 bits per heavy atom. The number of hydrogen-bond acceptors (Lipinski definition) is 4. The van der Waals surface area contributed by atoms with Gasteiger partial charge in [0.15, 0.2) is 0 Å². The zero-order chi connectivity index (χ0) is 19.3. The largest absolute Gasteiger partial charge is 0.481 e. The molecule has 1 N–H and O–H groups in total. The molecule has 2 aliphatic carbocycles. The molecule has 1 aliphatic heterocycles. The third kappa shape index (κ3) is 3.19. The van der Waals surface area contributed by atoms with Crippen LogP contribution in [0.2, 0.25) is 0 Å². The van der Waals surface area contributed by atoms with Gasteiger partial charge in [-0.1, -0.05) is 32.8 Å². The van der Waals surface area contributed by atoms with E-state index in [1.807, 2.05) is 0 Å². The fraction of sp³-hybridized carbons (Fsp3) is 0.810. The number of carbonyl (C=O) groups is 2. The topological polar surface area (TPSA) is 72.8 Å². The van der Waals surface area contributed by atoms with Gasteiger partial charge in [0.1, 0.15) is 0 Å². The van der Waals surface area contributed by atoms with E-state index in [0.29, 0.717) is 0 Å². The molecule has 1 saturated carbocycles. The summed E-state index contributed by atoms with van der Waals surface area (Å²) >= 11 is 0. The van der Waals surface area contributed by atoms with E-state index in [0.717, 1.165) is 37.7 Å². The van der Waals surface area contributed by atoms with E-state index in [9.17, 15) is 14.7 Å². The van der Waals surface area contributed by atoms with Crippen LogP contribution in [0.4, 0.5) is 0 Å². The van der Waals surface area contributed by atoms with Crippen molar-refractivity contribution in [2.24, 2.45) is 28.6 Å². The molecule has 5 nitrogen and oxygen atoms in total. The number of carbonyl (C=O) groups excluding carboxylic acids is 1. The number of allylic oxidation sites excluding steroid dienone is 1. The van der Waals surface area contributed by atoms with Crippen molar-refractivity contribution < 1.29 is 24.2 Å². The molecular weight excluding hydrogens is 332 g/mol. The molecule has 3 rings (SSSR count). The van der Waals surface area contributed by atoms with Crippen molar-refractivity contribution in [3.63, 3.8) is 0 Å². The Balaban J connectivity index is 2.12. The number of rotatable bonds is 4. The lowest BCUT2D eigenvalue weighted by Crippen LogP contribution is -2.40. The quantitative estimate of drug-likeness (QED) is 0.599. The number of aliphatic carboxylic acids is 1. The van der Waals surface area contributed by atoms with Gasteiger partial charge in [-0.15, -0.1) is 0 Å². The van der Waals surface area contributed by atoms with E-state index < -0.39 is 18.2 Å². The number of cyclic esters (lactones) is 1. The molecule has 5 heteroatoms. The van der Waals surface area contributed by atoms with E-state index in [-0.39, 0.29) is 28.6 Å². The van der Waals surface area contributed by atoms with Crippen LogP contribution in [0.15, 0.2) is 11.1 Å². The van der Waals surface area contributed by atoms with Gasteiger partial charge < -0.3 is 14.6 Å². The van der Waals surface area contributed by atoms with Crippen molar-refractivity contribution in [3.8, 4) is 0 Å². The lowest BCUT2D eigenvalue weighted by atomic mass is 9.56. The van der Waals surface area contributed by atoms with Crippen molar-refractivity contribution in [3.05, 3.63) is 11.1 Å². The molecule has 146 valence electrons. The highest BCUT2D eigenvalue weighted by Gasteiger charge is 2.53. The van der Waals surface area contributed by atoms with Crippen LogP contribution >= 0.6 is 0 Å². The van der Waals surface area contributed by atoms with Crippen LogP contribution in [0, 0.1) is 28.6 Å². The lowest BCUT2D eigenvalue weighted by molar-refractivity contribution is -0.161. The normalized spacial score (nSPS) is 37.9. The standard InChI is InChI=1S/C21H32O5/c1-12(17(22)23)15-14(21(4)10-6-9-20(2,3)11-21)8-7-13-16(15)19(25-5)26-18(13)24/h12-13,16,19H,6-11H2,1-5H3,(H,22,23). The first-order chi connectivity index (χ1) is 12.1. The van der Waals surface area contributed by atoms with Crippen LogP contribution in [0.3, 0.4) is 0 Å². The summed E-state index contributed by atoms with van der Waals surface area (Å²) in [6.07, 6.45) is 5.32. The number of methoxy groups -OCH3 is 1. The van der Waals surface area contributed by atoms with Gasteiger partial charge in [-0.3, -0.25) is 9.59 Å². The molecule has 2 fully saturated rings. The molecule has 5 atom stereocenters. The Hall–Kier alpha value is -1.36. The first-order valence-electron chi connectivity index (χ1n) is 9.79. The van der Waals surface area contributed by atoms with Gasteiger partial charge in [0, 0.05) is 7.11 Å². The maximum absolute atomic E-state index is 12.3. The minimum atomic E-state index is -0.842. The van der Waals surface area contributed by atoms with Crippen molar-refractivity contribution in [2.45, 2.75) is 72.5 Å². The fourth-order valence-corrected chi connectivity index (χ4v) is 5.89. The second-order valence-corrected chi connectivity index (χ2v) is 9.46. The molecule has 0 aromatic heterocycles. The molecule has 1 heterocycles. The molecule has 26 heavy (non-hydrogen) atoms. The minimum Gasteiger partial charge on any atom is -0.481 e. The Morgan fingerprint density at radius 3 is 2.58 bits per heavy atom. The molecule has 0 aromatic rings. The average molecular weight is 364 g/mol. The Morgan fingerprint density at radius 2 is 2.00 bits per heavy atom. The third-order valence-corrected chi connectivity index (χ3v) is 6.92. The van der Waals surface area contributed by atoms with Gasteiger partial charge in [-0.25, -0.2) is 0 Å². The van der Waals surface area contributed by atoms with Crippen LogP contribution < -0.4 is 0 Å². The molecule has 0 spiro atoms. The average Bonchev–Trinajstić information content (AvgIpc) is 2.88. The summed E-state index contributed by atoms with van der Waals surface area (Å²) in [4.78, 5) is 24.2. The summed E-state index contributed by atoms with van der Waals surface area (Å²) in [7, 11) is 1.53. The number of hydrogen-bond donors (Lipinski definition) is 1. The van der Waals surface area contributed by atoms with E-state index in [1.165, 1.54) is 19.1 Å². The number of carboxylic acid groups (broad SMARTS) is 1. The van der Waals surface area contributed by atoms with Crippen LogP contribution in [-0.2, 0) is 19.1 Å². The summed E-state index contributed by atoms with van der Waals surface area (Å²) in [6.45, 7) is 8.64. The number of fused-ring (bicyclic) bond motifs is 1. The van der Waals surface area contributed by atoms with Crippen LogP contribution in [0.1, 0.15) is 66.2 Å². The minimum absolute atomic E-state index is 0.0182. The van der Waals surface area contributed by atoms with Gasteiger partial charge in [-0.05, 0) is 55.4 Å². The lowest BCUT2D eigenvalue weighted by Gasteiger charge is -2.48. The summed E-state index contributed by atoms with van der Waals surface area (Å²) in [5.41, 5.74) is 2.38. The maximum atomic E-state index is 12.3. The fourth-order valence-electron chi connectivity index (χ4n) is 5.89. The maximum Gasteiger partial charge on any atom is 0.312 e. The molecule has 0 aromatic carbocycles. The Bertz CT molecular complexity index is 634. The predicted octanol–water partition coefficient (Wildman–Crippen LogP) is 4.17. The monoisotopic (exact) mass is 364 g/mol. The Labute approximate surface area is 156 Å². The predicted molar refractivity (Wildman–Crippen MR) is 97.3 cm³/mol. The second kappa shape index (κ2) is 6.66. The Kier molecular flexibility index (Phi) is 4.97. The summed E-state index contributed by atoms with van der Waals surface area (Å²) in [5, 5.41) is 9.78. The van der Waals surface area contributed by atoms with Gasteiger partial charge in [0.05, 0.1) is 17.8 Å². The third-order valence-electron chi connectivity index (χ3n) is 6.92. The number of carboxylic acids is 1. The van der Waals surface area contributed by atoms with E-state index in [4.69, 9.17) is 9.47 Å². The zero-order valence-corrected chi connectivity index (χ0v) is 16.6. The zero-order valence-electron chi connectivity index (χ0n) is 16.6. The number of ether oxygens (including phenoxy) is 2. The van der Waals surface area contributed by atoms with Gasteiger partial charge >= 0.3 is 11.9 Å². The first kappa shape index (κ1) is 19.4. The molecule has 0 amide bonds. The van der Waals surface area contributed by atoms with E-state index in [2.05, 4.69) is 20.8 Å². The van der Waals surface area contributed by atoms with Crippen molar-refractivity contribution in [1.82, 2.24) is 0 Å². The van der Waals surface area contributed by atoms with Crippen LogP contribution in [0.5, 0.6) is 0 Å². The molecule has 1 saturated heterocycles.